The van der Waals surface area contributed by atoms with Crippen molar-refractivity contribution < 1.29 is 14.3 Å². The van der Waals surface area contributed by atoms with Gasteiger partial charge in [-0.1, -0.05) is 69.8 Å². The van der Waals surface area contributed by atoms with Gasteiger partial charge in [-0.2, -0.15) is 0 Å². The number of hydrogen-bond donors (Lipinski definition) is 0. The number of esters is 1. The molecule has 3 nitrogen and oxygen atoms in total. The molecule has 1 atom stereocenters. The molecule has 0 heterocycles. The van der Waals surface area contributed by atoms with E-state index in [1.807, 2.05) is 25.1 Å². The Bertz CT molecular complexity index is 715. The quantitative estimate of drug-likeness (QED) is 0.393. The fourth-order valence-electron chi connectivity index (χ4n) is 2.53. The van der Waals surface area contributed by atoms with Crippen LogP contribution in [0.4, 0.5) is 0 Å². The predicted octanol–water partition coefficient (Wildman–Crippen LogP) is 5.25. The smallest absolute Gasteiger partial charge is 0.336 e. The van der Waals surface area contributed by atoms with Crippen LogP contribution in [0.25, 0.3) is 0 Å². The fourth-order valence-corrected chi connectivity index (χ4v) is 2.53. The van der Waals surface area contributed by atoms with E-state index < -0.39 is 12.3 Å². The van der Waals surface area contributed by atoms with Gasteiger partial charge in [0, 0.05) is 17.4 Å². The minimum atomic E-state index is -0.614. The number of rotatable bonds is 7. The van der Waals surface area contributed by atoms with E-state index in [1.165, 1.54) is 11.1 Å². The molecular formula is C22H26O3. The second-order valence-electron chi connectivity index (χ2n) is 6.66. The van der Waals surface area contributed by atoms with Crippen molar-refractivity contribution in [2.24, 2.45) is 0 Å². The van der Waals surface area contributed by atoms with Crippen molar-refractivity contribution in [1.29, 1.82) is 0 Å². The molecule has 0 amide bonds. The Balaban J connectivity index is 2.11. The van der Waals surface area contributed by atoms with Gasteiger partial charge in [0.2, 0.25) is 6.29 Å². The van der Waals surface area contributed by atoms with E-state index in [9.17, 15) is 4.79 Å². The van der Waals surface area contributed by atoms with Gasteiger partial charge in [-0.05, 0) is 30.2 Å². The van der Waals surface area contributed by atoms with E-state index in [0.717, 1.165) is 0 Å². The maximum atomic E-state index is 11.6. The Hall–Kier alpha value is -2.55. The normalized spacial score (nSPS) is 12.3. The van der Waals surface area contributed by atoms with Crippen LogP contribution in [0.2, 0.25) is 0 Å². The van der Waals surface area contributed by atoms with E-state index >= 15 is 0 Å². The molecule has 0 aromatic heterocycles. The van der Waals surface area contributed by atoms with Crippen molar-refractivity contribution in [3.63, 3.8) is 0 Å². The van der Waals surface area contributed by atoms with E-state index in [-0.39, 0.29) is 5.41 Å². The summed E-state index contributed by atoms with van der Waals surface area (Å²) in [6.45, 7) is 11.5. The first-order chi connectivity index (χ1) is 11.8. The average Bonchev–Trinajstić information content (AvgIpc) is 2.62. The van der Waals surface area contributed by atoms with Crippen LogP contribution in [0, 0.1) is 0 Å². The molecule has 3 heteroatoms. The lowest BCUT2D eigenvalue weighted by atomic mass is 9.78. The van der Waals surface area contributed by atoms with E-state index in [2.05, 4.69) is 56.8 Å². The Morgan fingerprint density at radius 3 is 2.12 bits per heavy atom. The highest BCUT2D eigenvalue weighted by molar-refractivity contribution is 5.87. The van der Waals surface area contributed by atoms with Gasteiger partial charge in [0.25, 0.3) is 0 Å². The molecular weight excluding hydrogens is 312 g/mol. The van der Waals surface area contributed by atoms with Crippen molar-refractivity contribution in [3.05, 3.63) is 77.9 Å². The molecule has 0 saturated heterocycles. The third-order valence-electron chi connectivity index (χ3n) is 4.26. The molecule has 0 bridgehead atoms. The molecule has 0 fully saturated rings. The monoisotopic (exact) mass is 338 g/mol. The zero-order valence-corrected chi connectivity index (χ0v) is 15.4. The van der Waals surface area contributed by atoms with E-state index in [4.69, 9.17) is 9.47 Å². The molecule has 1 unspecified atom stereocenters. The van der Waals surface area contributed by atoms with Gasteiger partial charge in [-0.25, -0.2) is 4.79 Å². The van der Waals surface area contributed by atoms with Crippen molar-refractivity contribution in [1.82, 2.24) is 0 Å². The van der Waals surface area contributed by atoms with Crippen molar-refractivity contribution in [2.45, 2.75) is 45.8 Å². The van der Waals surface area contributed by atoms with Crippen LogP contribution in [0.15, 0.2) is 66.7 Å². The van der Waals surface area contributed by atoms with Gasteiger partial charge in [-0.3, -0.25) is 0 Å². The second-order valence-corrected chi connectivity index (χ2v) is 6.66. The summed E-state index contributed by atoms with van der Waals surface area (Å²) in [5.41, 5.74) is 2.71. The molecule has 25 heavy (non-hydrogen) atoms. The van der Waals surface area contributed by atoms with Crippen LogP contribution in [0.1, 0.15) is 45.2 Å². The third kappa shape index (κ3) is 4.72. The van der Waals surface area contributed by atoms with Crippen LogP contribution in [-0.2, 0) is 14.9 Å². The minimum Gasteiger partial charge on any atom is -0.455 e. The molecule has 0 saturated carbocycles. The molecule has 0 radical (unpaired) electrons. The molecule has 2 aromatic carbocycles. The summed E-state index contributed by atoms with van der Waals surface area (Å²) >= 11 is 0. The lowest BCUT2D eigenvalue weighted by Gasteiger charge is -2.26. The number of ether oxygens (including phenoxy) is 2. The Kier molecular flexibility index (Phi) is 6.02. The van der Waals surface area contributed by atoms with Crippen LogP contribution >= 0.6 is 0 Å². The summed E-state index contributed by atoms with van der Waals surface area (Å²) in [5.74, 6) is 0.239. The summed E-state index contributed by atoms with van der Waals surface area (Å²) in [4.78, 5) is 11.6. The first-order valence-corrected chi connectivity index (χ1v) is 8.53. The average molecular weight is 338 g/mol. The van der Waals surface area contributed by atoms with Crippen LogP contribution < -0.4 is 4.74 Å². The second kappa shape index (κ2) is 8.02. The number of carbonyl (C=O) groups excluding carboxylic acids is 1. The van der Waals surface area contributed by atoms with Crippen LogP contribution in [-0.4, -0.2) is 12.3 Å². The third-order valence-corrected chi connectivity index (χ3v) is 4.26. The van der Waals surface area contributed by atoms with Gasteiger partial charge in [0.1, 0.15) is 5.75 Å². The number of benzene rings is 2. The molecule has 0 aliphatic rings. The Morgan fingerprint density at radius 2 is 1.60 bits per heavy atom. The summed E-state index contributed by atoms with van der Waals surface area (Å²) in [6.07, 6.45) is -0.0480. The Labute approximate surface area is 150 Å². The Morgan fingerprint density at radius 1 is 1.04 bits per heavy atom. The maximum Gasteiger partial charge on any atom is 0.336 e. The maximum absolute atomic E-state index is 11.6. The molecule has 0 spiro atoms. The lowest BCUT2D eigenvalue weighted by molar-refractivity contribution is -0.159. The highest BCUT2D eigenvalue weighted by Crippen LogP contribution is 2.32. The van der Waals surface area contributed by atoms with E-state index in [1.54, 1.807) is 6.92 Å². The van der Waals surface area contributed by atoms with Crippen molar-refractivity contribution in [3.8, 4) is 5.75 Å². The number of carbonyl (C=O) groups is 1. The van der Waals surface area contributed by atoms with Crippen LogP contribution in [0.3, 0.4) is 0 Å². The standard InChI is InChI=1S/C22H26O3/c1-6-20(25-21(23)16(2)3)24-19-14-12-18(13-15-19)22(4,5)17-10-8-7-9-11-17/h7-15,20H,2,6H2,1,3-5H3. The van der Waals surface area contributed by atoms with Gasteiger partial charge < -0.3 is 9.47 Å². The van der Waals surface area contributed by atoms with Gasteiger partial charge >= 0.3 is 5.97 Å². The molecule has 132 valence electrons. The zero-order chi connectivity index (χ0) is 18.4. The fraction of sp³-hybridized carbons (Fsp3) is 0.318. The SMILES string of the molecule is C=C(C)C(=O)OC(CC)Oc1ccc(C(C)(C)c2ccccc2)cc1. The first-order valence-electron chi connectivity index (χ1n) is 8.53. The molecule has 2 aromatic rings. The summed E-state index contributed by atoms with van der Waals surface area (Å²) < 4.78 is 11.0. The largest absolute Gasteiger partial charge is 0.455 e. The topological polar surface area (TPSA) is 35.5 Å². The van der Waals surface area contributed by atoms with Crippen molar-refractivity contribution in [2.75, 3.05) is 0 Å². The molecule has 0 aliphatic carbocycles. The van der Waals surface area contributed by atoms with Crippen LogP contribution in [0.5, 0.6) is 5.75 Å². The minimum absolute atomic E-state index is 0.101. The van der Waals surface area contributed by atoms with Gasteiger partial charge in [0.05, 0.1) is 0 Å². The zero-order valence-electron chi connectivity index (χ0n) is 15.4. The summed E-state index contributed by atoms with van der Waals surface area (Å²) in [7, 11) is 0. The highest BCUT2D eigenvalue weighted by Gasteiger charge is 2.23. The summed E-state index contributed by atoms with van der Waals surface area (Å²) in [6, 6.07) is 18.3. The summed E-state index contributed by atoms with van der Waals surface area (Å²) in [5, 5.41) is 0. The predicted molar refractivity (Wildman–Crippen MR) is 101 cm³/mol. The molecule has 2 rings (SSSR count). The molecule has 0 N–H and O–H groups in total. The number of hydrogen-bond acceptors (Lipinski definition) is 3. The van der Waals surface area contributed by atoms with E-state index in [0.29, 0.717) is 17.7 Å². The first kappa shape index (κ1) is 18.8. The highest BCUT2D eigenvalue weighted by atomic mass is 16.7. The lowest BCUT2D eigenvalue weighted by Crippen LogP contribution is -2.24. The molecule has 0 aliphatic heterocycles. The van der Waals surface area contributed by atoms with Gasteiger partial charge in [-0.15, -0.1) is 0 Å². The van der Waals surface area contributed by atoms with Crippen molar-refractivity contribution >= 4 is 5.97 Å². The van der Waals surface area contributed by atoms with Gasteiger partial charge in [0.15, 0.2) is 0 Å².